The van der Waals surface area contributed by atoms with E-state index in [4.69, 9.17) is 6.58 Å². The highest BCUT2D eigenvalue weighted by molar-refractivity contribution is 5.55. The van der Waals surface area contributed by atoms with E-state index in [0.717, 1.165) is 11.3 Å². The number of allylic oxidation sites excluding steroid dienone is 1. The van der Waals surface area contributed by atoms with Gasteiger partial charge < -0.3 is 0 Å². The SMILES string of the molecule is [CH]=C(C)c1ccccn1. The summed E-state index contributed by atoms with van der Waals surface area (Å²) < 4.78 is 0. The molecule has 1 heterocycles. The summed E-state index contributed by atoms with van der Waals surface area (Å²) in [5.41, 5.74) is 1.62. The summed E-state index contributed by atoms with van der Waals surface area (Å²) >= 11 is 0. The first-order valence-electron chi connectivity index (χ1n) is 2.81. The van der Waals surface area contributed by atoms with E-state index in [9.17, 15) is 0 Å². The van der Waals surface area contributed by atoms with Gasteiger partial charge in [-0.3, -0.25) is 4.98 Å². The van der Waals surface area contributed by atoms with Crippen LogP contribution >= 0.6 is 0 Å². The number of aromatic nitrogens is 1. The predicted molar refractivity (Wildman–Crippen MR) is 37.6 cm³/mol. The van der Waals surface area contributed by atoms with Crippen LogP contribution in [-0.4, -0.2) is 4.98 Å². The molecule has 1 nitrogen and oxygen atoms in total. The van der Waals surface area contributed by atoms with Crippen molar-refractivity contribution in [3.05, 3.63) is 36.7 Å². The van der Waals surface area contributed by atoms with E-state index >= 15 is 0 Å². The van der Waals surface area contributed by atoms with Gasteiger partial charge in [0, 0.05) is 6.20 Å². The third kappa shape index (κ3) is 1.39. The van der Waals surface area contributed by atoms with Gasteiger partial charge in [-0.05, 0) is 24.6 Å². The van der Waals surface area contributed by atoms with Crippen LogP contribution in [0.1, 0.15) is 12.6 Å². The van der Waals surface area contributed by atoms with Gasteiger partial charge >= 0.3 is 0 Å². The van der Waals surface area contributed by atoms with E-state index in [1.165, 1.54) is 0 Å². The Labute approximate surface area is 55.1 Å². The minimum absolute atomic E-state index is 0.760. The van der Waals surface area contributed by atoms with Gasteiger partial charge in [0.2, 0.25) is 0 Å². The van der Waals surface area contributed by atoms with E-state index in [0.29, 0.717) is 0 Å². The van der Waals surface area contributed by atoms with Crippen molar-refractivity contribution in [2.24, 2.45) is 0 Å². The zero-order chi connectivity index (χ0) is 6.69. The molecular formula is C8H8N. The second kappa shape index (κ2) is 2.44. The summed E-state index contributed by atoms with van der Waals surface area (Å²) in [7, 11) is 0. The first-order chi connectivity index (χ1) is 4.30. The molecule has 0 amide bonds. The summed E-state index contributed by atoms with van der Waals surface area (Å²) in [5.74, 6) is 0. The molecule has 1 rings (SSSR count). The van der Waals surface area contributed by atoms with Gasteiger partial charge in [0.15, 0.2) is 0 Å². The Morgan fingerprint density at radius 3 is 2.67 bits per heavy atom. The second-order valence-electron chi connectivity index (χ2n) is 1.90. The van der Waals surface area contributed by atoms with Gasteiger partial charge in [0.25, 0.3) is 0 Å². The van der Waals surface area contributed by atoms with Crippen molar-refractivity contribution in [3.63, 3.8) is 0 Å². The van der Waals surface area contributed by atoms with Gasteiger partial charge in [-0.15, -0.1) is 0 Å². The van der Waals surface area contributed by atoms with Gasteiger partial charge in [-0.1, -0.05) is 12.6 Å². The fourth-order valence-corrected chi connectivity index (χ4v) is 0.596. The van der Waals surface area contributed by atoms with Crippen molar-refractivity contribution >= 4 is 5.57 Å². The highest BCUT2D eigenvalue weighted by Crippen LogP contribution is 2.04. The van der Waals surface area contributed by atoms with Gasteiger partial charge in [0.05, 0.1) is 5.69 Å². The van der Waals surface area contributed by atoms with Gasteiger partial charge in [-0.25, -0.2) is 0 Å². The van der Waals surface area contributed by atoms with Crippen LogP contribution in [0.5, 0.6) is 0 Å². The highest BCUT2D eigenvalue weighted by atomic mass is 14.7. The largest absolute Gasteiger partial charge is 0.257 e. The Kier molecular flexibility index (Phi) is 1.63. The minimum atomic E-state index is 0.760. The molecule has 0 atom stereocenters. The Morgan fingerprint density at radius 1 is 1.56 bits per heavy atom. The van der Waals surface area contributed by atoms with Crippen molar-refractivity contribution in [3.8, 4) is 0 Å². The third-order valence-corrected chi connectivity index (χ3v) is 1.07. The van der Waals surface area contributed by atoms with E-state index in [-0.39, 0.29) is 0 Å². The van der Waals surface area contributed by atoms with E-state index < -0.39 is 0 Å². The van der Waals surface area contributed by atoms with Crippen molar-refractivity contribution in [1.82, 2.24) is 4.98 Å². The number of pyridine rings is 1. The topological polar surface area (TPSA) is 12.9 Å². The van der Waals surface area contributed by atoms with Crippen LogP contribution in [0.4, 0.5) is 0 Å². The summed E-state index contributed by atoms with van der Waals surface area (Å²) in [6.45, 7) is 7.30. The standard InChI is InChI=1S/C8H8N/c1-7(2)8-5-3-4-6-9-8/h1,3-6H,2H3. The van der Waals surface area contributed by atoms with Gasteiger partial charge in [-0.2, -0.15) is 0 Å². The Morgan fingerprint density at radius 2 is 2.33 bits per heavy atom. The molecule has 0 aliphatic carbocycles. The summed E-state index contributed by atoms with van der Waals surface area (Å²) in [5, 5.41) is 0. The zero-order valence-electron chi connectivity index (χ0n) is 5.33. The monoisotopic (exact) mass is 118 g/mol. The number of hydrogen-bond donors (Lipinski definition) is 0. The summed E-state index contributed by atoms with van der Waals surface area (Å²) in [4.78, 5) is 4.02. The molecule has 45 valence electrons. The van der Waals surface area contributed by atoms with Crippen LogP contribution in [0.2, 0.25) is 0 Å². The maximum absolute atomic E-state index is 5.47. The fraction of sp³-hybridized carbons (Fsp3) is 0.125. The van der Waals surface area contributed by atoms with E-state index in [1.807, 2.05) is 25.1 Å². The molecule has 9 heavy (non-hydrogen) atoms. The van der Waals surface area contributed by atoms with Crippen LogP contribution in [-0.2, 0) is 0 Å². The van der Waals surface area contributed by atoms with Crippen LogP contribution < -0.4 is 0 Å². The predicted octanol–water partition coefficient (Wildman–Crippen LogP) is 1.92. The molecule has 1 aromatic heterocycles. The molecule has 0 aliphatic rings. The molecule has 0 unspecified atom stereocenters. The Bertz CT molecular complexity index is 201. The zero-order valence-corrected chi connectivity index (χ0v) is 5.33. The number of nitrogens with zero attached hydrogens (tertiary/aromatic N) is 1. The third-order valence-electron chi connectivity index (χ3n) is 1.07. The van der Waals surface area contributed by atoms with E-state index in [2.05, 4.69) is 4.98 Å². The summed E-state index contributed by atoms with van der Waals surface area (Å²) in [6.07, 6.45) is 1.73. The molecule has 0 aromatic carbocycles. The average molecular weight is 118 g/mol. The van der Waals surface area contributed by atoms with Crippen LogP contribution in [0.15, 0.2) is 24.4 Å². The molecule has 1 heteroatoms. The molecule has 1 radical (unpaired) electrons. The normalized spacial score (nSPS) is 9.00. The lowest BCUT2D eigenvalue weighted by Gasteiger charge is -1.93. The second-order valence-corrected chi connectivity index (χ2v) is 1.90. The van der Waals surface area contributed by atoms with Crippen LogP contribution in [0, 0.1) is 6.58 Å². The Hall–Kier alpha value is -1.11. The smallest absolute Gasteiger partial charge is 0.0658 e. The van der Waals surface area contributed by atoms with Crippen molar-refractivity contribution < 1.29 is 0 Å². The lowest BCUT2D eigenvalue weighted by molar-refractivity contribution is 1.27. The average Bonchev–Trinajstić information content (AvgIpc) is 1.90. The molecule has 0 bridgehead atoms. The molecule has 0 saturated heterocycles. The van der Waals surface area contributed by atoms with Crippen LogP contribution in [0.25, 0.3) is 5.57 Å². The molecular weight excluding hydrogens is 110 g/mol. The lowest BCUT2D eigenvalue weighted by atomic mass is 10.2. The summed E-state index contributed by atoms with van der Waals surface area (Å²) in [6, 6.07) is 5.67. The van der Waals surface area contributed by atoms with Crippen molar-refractivity contribution in [2.75, 3.05) is 0 Å². The van der Waals surface area contributed by atoms with E-state index in [1.54, 1.807) is 6.20 Å². The first kappa shape index (κ1) is 6.02. The number of rotatable bonds is 1. The molecule has 0 N–H and O–H groups in total. The van der Waals surface area contributed by atoms with Crippen molar-refractivity contribution in [2.45, 2.75) is 6.92 Å². The lowest BCUT2D eigenvalue weighted by Crippen LogP contribution is -1.80. The molecule has 0 aliphatic heterocycles. The Balaban J connectivity index is 2.98. The quantitative estimate of drug-likeness (QED) is 0.549. The first-order valence-corrected chi connectivity index (χ1v) is 2.81. The maximum Gasteiger partial charge on any atom is 0.0658 e. The van der Waals surface area contributed by atoms with Crippen molar-refractivity contribution in [1.29, 1.82) is 0 Å². The molecule has 0 saturated carbocycles. The minimum Gasteiger partial charge on any atom is -0.257 e. The maximum atomic E-state index is 5.47. The molecule has 0 fully saturated rings. The van der Waals surface area contributed by atoms with Gasteiger partial charge in [0.1, 0.15) is 0 Å². The fourth-order valence-electron chi connectivity index (χ4n) is 0.596. The van der Waals surface area contributed by atoms with Crippen LogP contribution in [0.3, 0.4) is 0 Å². The molecule has 0 spiro atoms. The highest BCUT2D eigenvalue weighted by Gasteiger charge is 1.88. The molecule has 1 aromatic rings. The number of hydrogen-bond acceptors (Lipinski definition) is 1.